The van der Waals surface area contributed by atoms with E-state index < -0.39 is 6.04 Å². The standard InChI is InChI=1S/C16H18N2OS/c1-11-4-3-5-13(10-11)18-15(16(17)19)12-6-8-14(20-2)9-7-12/h3-10,15,18H,1-2H3,(H2,17,19). The maximum atomic E-state index is 11.7. The maximum Gasteiger partial charge on any atom is 0.244 e. The van der Waals surface area contributed by atoms with Crippen molar-refractivity contribution in [3.63, 3.8) is 0 Å². The fraction of sp³-hybridized carbons (Fsp3) is 0.188. The van der Waals surface area contributed by atoms with E-state index in [9.17, 15) is 4.79 Å². The maximum absolute atomic E-state index is 11.7. The number of carbonyl (C=O) groups is 1. The highest BCUT2D eigenvalue weighted by Gasteiger charge is 2.17. The van der Waals surface area contributed by atoms with E-state index in [0.29, 0.717) is 0 Å². The van der Waals surface area contributed by atoms with Gasteiger partial charge in [0.2, 0.25) is 5.91 Å². The lowest BCUT2D eigenvalue weighted by molar-refractivity contribution is -0.118. The number of benzene rings is 2. The van der Waals surface area contributed by atoms with Crippen LogP contribution in [0.3, 0.4) is 0 Å². The minimum atomic E-state index is -0.521. The van der Waals surface area contributed by atoms with Gasteiger partial charge >= 0.3 is 0 Å². The molecule has 0 saturated carbocycles. The Morgan fingerprint density at radius 2 is 1.90 bits per heavy atom. The summed E-state index contributed by atoms with van der Waals surface area (Å²) in [6.45, 7) is 2.01. The smallest absolute Gasteiger partial charge is 0.244 e. The van der Waals surface area contributed by atoms with Gasteiger partial charge in [-0.2, -0.15) is 0 Å². The zero-order valence-corrected chi connectivity index (χ0v) is 12.4. The van der Waals surface area contributed by atoms with Crippen molar-refractivity contribution in [2.45, 2.75) is 17.9 Å². The van der Waals surface area contributed by atoms with E-state index in [1.54, 1.807) is 11.8 Å². The van der Waals surface area contributed by atoms with Crippen LogP contribution >= 0.6 is 11.8 Å². The van der Waals surface area contributed by atoms with Crippen LogP contribution in [0.5, 0.6) is 0 Å². The molecule has 3 N–H and O–H groups in total. The van der Waals surface area contributed by atoms with Crippen LogP contribution in [0.2, 0.25) is 0 Å². The number of hydrogen-bond donors (Lipinski definition) is 2. The fourth-order valence-corrected chi connectivity index (χ4v) is 2.42. The molecule has 0 aliphatic heterocycles. The van der Waals surface area contributed by atoms with Gasteiger partial charge in [0.15, 0.2) is 0 Å². The molecular formula is C16H18N2OS. The highest BCUT2D eigenvalue weighted by atomic mass is 32.2. The highest BCUT2D eigenvalue weighted by Crippen LogP contribution is 2.23. The molecule has 4 heteroatoms. The summed E-state index contributed by atoms with van der Waals surface area (Å²) in [6.07, 6.45) is 2.02. The number of nitrogens with two attached hydrogens (primary N) is 1. The molecule has 1 unspecified atom stereocenters. The molecule has 0 aliphatic carbocycles. The van der Waals surface area contributed by atoms with Gasteiger partial charge in [0.1, 0.15) is 6.04 Å². The molecule has 0 aliphatic rings. The summed E-state index contributed by atoms with van der Waals surface area (Å²) in [6, 6.07) is 15.2. The zero-order chi connectivity index (χ0) is 14.5. The van der Waals surface area contributed by atoms with Crippen molar-refractivity contribution in [1.82, 2.24) is 0 Å². The first-order chi connectivity index (χ1) is 9.60. The first-order valence-corrected chi connectivity index (χ1v) is 7.59. The summed E-state index contributed by atoms with van der Waals surface area (Å²) < 4.78 is 0. The molecule has 104 valence electrons. The third-order valence-electron chi connectivity index (χ3n) is 3.06. The molecule has 2 rings (SSSR count). The second-order valence-electron chi connectivity index (χ2n) is 4.62. The predicted octanol–water partition coefficient (Wildman–Crippen LogP) is 3.36. The number of aryl methyl sites for hydroxylation is 1. The molecule has 1 amide bonds. The van der Waals surface area contributed by atoms with Gasteiger partial charge < -0.3 is 11.1 Å². The Labute approximate surface area is 123 Å². The lowest BCUT2D eigenvalue weighted by Crippen LogP contribution is -2.27. The lowest BCUT2D eigenvalue weighted by atomic mass is 10.1. The van der Waals surface area contributed by atoms with Crippen molar-refractivity contribution < 1.29 is 4.79 Å². The Kier molecular flexibility index (Phi) is 4.69. The Bertz CT molecular complexity index is 596. The van der Waals surface area contributed by atoms with Crippen LogP contribution in [-0.2, 0) is 4.79 Å². The number of amides is 1. The van der Waals surface area contributed by atoms with Crippen LogP contribution in [0.25, 0.3) is 0 Å². The zero-order valence-electron chi connectivity index (χ0n) is 11.6. The number of anilines is 1. The number of nitrogens with one attached hydrogen (secondary N) is 1. The average molecular weight is 286 g/mol. The Balaban J connectivity index is 2.24. The molecule has 0 saturated heterocycles. The summed E-state index contributed by atoms with van der Waals surface area (Å²) in [5, 5.41) is 3.19. The third-order valence-corrected chi connectivity index (χ3v) is 3.81. The van der Waals surface area contributed by atoms with Crippen LogP contribution in [0, 0.1) is 6.92 Å². The first kappa shape index (κ1) is 14.5. The molecule has 2 aromatic carbocycles. The van der Waals surface area contributed by atoms with E-state index in [2.05, 4.69) is 5.32 Å². The molecule has 0 heterocycles. The molecule has 2 aromatic rings. The molecular weight excluding hydrogens is 268 g/mol. The molecule has 0 bridgehead atoms. The van der Waals surface area contributed by atoms with Gasteiger partial charge in [-0.05, 0) is 48.6 Å². The quantitative estimate of drug-likeness (QED) is 0.829. The minimum Gasteiger partial charge on any atom is -0.370 e. The number of carbonyl (C=O) groups excluding carboxylic acids is 1. The summed E-state index contributed by atoms with van der Waals surface area (Å²) in [7, 11) is 0. The highest BCUT2D eigenvalue weighted by molar-refractivity contribution is 7.98. The molecule has 0 spiro atoms. The Hall–Kier alpha value is -1.94. The van der Waals surface area contributed by atoms with Gasteiger partial charge in [-0.1, -0.05) is 24.3 Å². The van der Waals surface area contributed by atoms with Crippen LogP contribution < -0.4 is 11.1 Å². The van der Waals surface area contributed by atoms with E-state index in [1.807, 2.05) is 61.7 Å². The van der Waals surface area contributed by atoms with E-state index >= 15 is 0 Å². The topological polar surface area (TPSA) is 55.1 Å². The van der Waals surface area contributed by atoms with Gasteiger partial charge in [-0.25, -0.2) is 0 Å². The molecule has 20 heavy (non-hydrogen) atoms. The number of primary amides is 1. The fourth-order valence-electron chi connectivity index (χ4n) is 2.02. The Morgan fingerprint density at radius 3 is 2.45 bits per heavy atom. The SMILES string of the molecule is CSc1ccc(C(Nc2cccc(C)c2)C(N)=O)cc1. The molecule has 0 fully saturated rings. The van der Waals surface area contributed by atoms with Gasteiger partial charge in [0, 0.05) is 10.6 Å². The molecule has 0 aromatic heterocycles. The molecule has 3 nitrogen and oxygen atoms in total. The molecule has 1 atom stereocenters. The van der Waals surface area contributed by atoms with Crippen LogP contribution in [0.15, 0.2) is 53.4 Å². The van der Waals surface area contributed by atoms with Crippen molar-refractivity contribution in [2.75, 3.05) is 11.6 Å². The lowest BCUT2D eigenvalue weighted by Gasteiger charge is -2.17. The second kappa shape index (κ2) is 6.48. The summed E-state index contributed by atoms with van der Waals surface area (Å²) >= 11 is 1.67. The summed E-state index contributed by atoms with van der Waals surface area (Å²) in [4.78, 5) is 12.9. The second-order valence-corrected chi connectivity index (χ2v) is 5.50. The van der Waals surface area contributed by atoms with Gasteiger partial charge in [0.25, 0.3) is 0 Å². The van der Waals surface area contributed by atoms with Crippen molar-refractivity contribution in [3.05, 3.63) is 59.7 Å². The van der Waals surface area contributed by atoms with Gasteiger partial charge in [-0.3, -0.25) is 4.79 Å². The largest absolute Gasteiger partial charge is 0.370 e. The van der Waals surface area contributed by atoms with E-state index in [1.165, 1.54) is 0 Å². The van der Waals surface area contributed by atoms with E-state index in [0.717, 1.165) is 21.7 Å². The number of thioether (sulfide) groups is 1. The van der Waals surface area contributed by atoms with Crippen molar-refractivity contribution in [2.24, 2.45) is 5.73 Å². The number of hydrogen-bond acceptors (Lipinski definition) is 3. The van der Waals surface area contributed by atoms with Crippen LogP contribution in [-0.4, -0.2) is 12.2 Å². The van der Waals surface area contributed by atoms with Crippen molar-refractivity contribution in [1.29, 1.82) is 0 Å². The summed E-state index contributed by atoms with van der Waals surface area (Å²) in [5.41, 5.74) is 8.42. The van der Waals surface area contributed by atoms with Crippen molar-refractivity contribution in [3.8, 4) is 0 Å². The number of rotatable bonds is 5. The van der Waals surface area contributed by atoms with E-state index in [4.69, 9.17) is 5.73 Å². The predicted molar refractivity (Wildman–Crippen MR) is 85.0 cm³/mol. The first-order valence-electron chi connectivity index (χ1n) is 6.36. The van der Waals surface area contributed by atoms with Gasteiger partial charge in [0.05, 0.1) is 0 Å². The van der Waals surface area contributed by atoms with E-state index in [-0.39, 0.29) is 5.91 Å². The normalized spacial score (nSPS) is 11.9. The van der Waals surface area contributed by atoms with Crippen molar-refractivity contribution >= 4 is 23.4 Å². The average Bonchev–Trinajstić information content (AvgIpc) is 2.45. The molecule has 0 radical (unpaired) electrons. The van der Waals surface area contributed by atoms with Crippen LogP contribution in [0.1, 0.15) is 17.2 Å². The summed E-state index contributed by atoms with van der Waals surface area (Å²) in [5.74, 6) is -0.386. The van der Waals surface area contributed by atoms with Gasteiger partial charge in [-0.15, -0.1) is 11.8 Å². The minimum absolute atomic E-state index is 0.386. The Morgan fingerprint density at radius 1 is 1.20 bits per heavy atom. The monoisotopic (exact) mass is 286 g/mol. The third kappa shape index (κ3) is 3.54. The van der Waals surface area contributed by atoms with Crippen LogP contribution in [0.4, 0.5) is 5.69 Å².